The summed E-state index contributed by atoms with van der Waals surface area (Å²) in [6.45, 7) is 0.335. The van der Waals surface area contributed by atoms with Crippen molar-refractivity contribution in [2.45, 2.75) is 6.04 Å². The van der Waals surface area contributed by atoms with Gasteiger partial charge in [-0.25, -0.2) is 14.0 Å². The molecule has 4 amide bonds. The van der Waals surface area contributed by atoms with Crippen LogP contribution in [0.5, 0.6) is 0 Å². The van der Waals surface area contributed by atoms with E-state index in [1.165, 1.54) is 12.1 Å². The van der Waals surface area contributed by atoms with Gasteiger partial charge in [0.1, 0.15) is 5.82 Å². The van der Waals surface area contributed by atoms with Crippen LogP contribution in [0.25, 0.3) is 0 Å². The Bertz CT molecular complexity index is 1040. The van der Waals surface area contributed by atoms with Gasteiger partial charge in [-0.05, 0) is 62.1 Å². The second-order valence-corrected chi connectivity index (χ2v) is 7.39. The van der Waals surface area contributed by atoms with E-state index in [9.17, 15) is 14.0 Å². The lowest BCUT2D eigenvalue weighted by molar-refractivity contribution is 0.243. The zero-order valence-electron chi connectivity index (χ0n) is 17.9. The van der Waals surface area contributed by atoms with E-state index >= 15 is 0 Å². The number of hydrogen-bond acceptors (Lipinski definition) is 3. The highest BCUT2D eigenvalue weighted by atomic mass is 19.1. The standard InChI is InChI=1S/C24H26FN5O2/c1-30(2)22(17-11-13-18(25)14-12-17)16-26-23(31)28-20-9-6-10-21(15-20)29-24(32)27-19-7-4-3-5-8-19/h3-15,22H,16H2,1-2H3,(H2,26,28,31)(H2,27,29,32). The Kier molecular flexibility index (Phi) is 7.77. The van der Waals surface area contributed by atoms with Gasteiger partial charge in [0.05, 0.1) is 6.04 Å². The van der Waals surface area contributed by atoms with Gasteiger partial charge >= 0.3 is 12.1 Å². The normalized spacial score (nSPS) is 11.5. The van der Waals surface area contributed by atoms with E-state index in [1.54, 1.807) is 48.5 Å². The minimum absolute atomic E-state index is 0.115. The van der Waals surface area contributed by atoms with E-state index in [-0.39, 0.29) is 23.9 Å². The molecule has 0 aromatic heterocycles. The third-order valence-corrected chi connectivity index (χ3v) is 4.74. The molecule has 166 valence electrons. The summed E-state index contributed by atoms with van der Waals surface area (Å²) in [6.07, 6.45) is 0. The quantitative estimate of drug-likeness (QED) is 0.426. The summed E-state index contributed by atoms with van der Waals surface area (Å²) in [6, 6.07) is 21.3. The van der Waals surface area contributed by atoms with Crippen molar-refractivity contribution in [1.29, 1.82) is 0 Å². The maximum atomic E-state index is 13.2. The van der Waals surface area contributed by atoms with Crippen molar-refractivity contribution in [2.75, 3.05) is 36.6 Å². The van der Waals surface area contributed by atoms with Crippen LogP contribution in [0, 0.1) is 5.82 Å². The Morgan fingerprint density at radius 1 is 0.781 bits per heavy atom. The molecule has 0 saturated carbocycles. The molecule has 0 aliphatic rings. The van der Waals surface area contributed by atoms with E-state index < -0.39 is 0 Å². The highest BCUT2D eigenvalue weighted by molar-refractivity contribution is 6.00. The summed E-state index contributed by atoms with van der Waals surface area (Å²) in [5, 5.41) is 11.1. The molecule has 3 rings (SSSR count). The number of urea groups is 2. The van der Waals surface area contributed by atoms with Gasteiger partial charge in [-0.3, -0.25) is 0 Å². The third-order valence-electron chi connectivity index (χ3n) is 4.74. The number of carbonyl (C=O) groups is 2. The second kappa shape index (κ2) is 10.9. The van der Waals surface area contributed by atoms with Crippen LogP contribution in [-0.2, 0) is 0 Å². The van der Waals surface area contributed by atoms with Gasteiger partial charge in [0.25, 0.3) is 0 Å². The molecule has 3 aromatic carbocycles. The molecule has 8 heteroatoms. The first-order chi connectivity index (χ1) is 15.4. The fourth-order valence-electron chi connectivity index (χ4n) is 3.14. The van der Waals surface area contributed by atoms with E-state index in [0.717, 1.165) is 5.56 Å². The lowest BCUT2D eigenvalue weighted by Gasteiger charge is -2.25. The number of nitrogens with one attached hydrogen (secondary N) is 4. The Hall–Kier alpha value is -3.91. The van der Waals surface area contributed by atoms with Gasteiger partial charge in [0.2, 0.25) is 0 Å². The molecule has 4 N–H and O–H groups in total. The summed E-state index contributed by atoms with van der Waals surface area (Å²) in [4.78, 5) is 26.5. The fourth-order valence-corrected chi connectivity index (χ4v) is 3.14. The summed E-state index contributed by atoms with van der Waals surface area (Å²) in [5.41, 5.74) is 2.64. The van der Waals surface area contributed by atoms with Crippen molar-refractivity contribution >= 4 is 29.1 Å². The maximum Gasteiger partial charge on any atom is 0.323 e. The number of para-hydroxylation sites is 1. The van der Waals surface area contributed by atoms with Crippen molar-refractivity contribution in [2.24, 2.45) is 0 Å². The number of carbonyl (C=O) groups excluding carboxylic acids is 2. The minimum atomic E-state index is -0.384. The first kappa shape index (κ1) is 22.8. The van der Waals surface area contributed by atoms with Crippen molar-refractivity contribution in [1.82, 2.24) is 10.2 Å². The second-order valence-electron chi connectivity index (χ2n) is 7.39. The molecule has 7 nitrogen and oxygen atoms in total. The predicted molar refractivity (Wildman–Crippen MR) is 125 cm³/mol. The molecule has 0 spiro atoms. The van der Waals surface area contributed by atoms with Crippen LogP contribution in [0.2, 0.25) is 0 Å². The molecular formula is C24H26FN5O2. The molecule has 32 heavy (non-hydrogen) atoms. The largest absolute Gasteiger partial charge is 0.336 e. The molecule has 0 aliphatic carbocycles. The monoisotopic (exact) mass is 435 g/mol. The maximum absolute atomic E-state index is 13.2. The Morgan fingerprint density at radius 3 is 1.97 bits per heavy atom. The minimum Gasteiger partial charge on any atom is -0.336 e. The van der Waals surface area contributed by atoms with Gasteiger partial charge in [-0.1, -0.05) is 36.4 Å². The molecule has 1 unspecified atom stereocenters. The van der Waals surface area contributed by atoms with Crippen LogP contribution in [0.15, 0.2) is 78.9 Å². The van der Waals surface area contributed by atoms with Gasteiger partial charge in [0.15, 0.2) is 0 Å². The Balaban J connectivity index is 1.54. The van der Waals surface area contributed by atoms with Gasteiger partial charge in [0, 0.05) is 23.6 Å². The third kappa shape index (κ3) is 6.82. The summed E-state index contributed by atoms with van der Waals surface area (Å²) in [7, 11) is 3.78. The zero-order valence-corrected chi connectivity index (χ0v) is 17.9. The molecule has 0 radical (unpaired) electrons. The Morgan fingerprint density at radius 2 is 1.34 bits per heavy atom. The lowest BCUT2D eigenvalue weighted by Crippen LogP contribution is -2.36. The number of benzene rings is 3. The topological polar surface area (TPSA) is 85.5 Å². The van der Waals surface area contributed by atoms with Crippen molar-refractivity contribution in [3.05, 3.63) is 90.2 Å². The van der Waals surface area contributed by atoms with Gasteiger partial charge in [-0.2, -0.15) is 0 Å². The molecule has 1 atom stereocenters. The Labute approximate surface area is 186 Å². The van der Waals surface area contributed by atoms with E-state index in [4.69, 9.17) is 0 Å². The highest BCUT2D eigenvalue weighted by Crippen LogP contribution is 2.19. The predicted octanol–water partition coefficient (Wildman–Crippen LogP) is 4.89. The first-order valence-electron chi connectivity index (χ1n) is 10.1. The van der Waals surface area contributed by atoms with Crippen LogP contribution in [0.1, 0.15) is 11.6 Å². The van der Waals surface area contributed by atoms with Crippen LogP contribution in [-0.4, -0.2) is 37.6 Å². The van der Waals surface area contributed by atoms with Gasteiger partial charge in [-0.15, -0.1) is 0 Å². The number of halogens is 1. The number of anilines is 3. The van der Waals surface area contributed by atoms with E-state index in [0.29, 0.717) is 23.6 Å². The highest BCUT2D eigenvalue weighted by Gasteiger charge is 2.15. The SMILES string of the molecule is CN(C)C(CNC(=O)Nc1cccc(NC(=O)Nc2ccccc2)c1)c1ccc(F)cc1. The number of nitrogens with zero attached hydrogens (tertiary/aromatic N) is 1. The molecule has 0 bridgehead atoms. The van der Waals surface area contributed by atoms with Gasteiger partial charge < -0.3 is 26.2 Å². The molecule has 0 heterocycles. The summed E-state index contributed by atoms with van der Waals surface area (Å²) < 4.78 is 13.2. The lowest BCUT2D eigenvalue weighted by atomic mass is 10.1. The van der Waals surface area contributed by atoms with Crippen LogP contribution in [0.3, 0.4) is 0 Å². The van der Waals surface area contributed by atoms with E-state index in [2.05, 4.69) is 21.3 Å². The number of likely N-dealkylation sites (N-methyl/N-ethyl adjacent to an activating group) is 1. The summed E-state index contributed by atoms with van der Waals surface area (Å²) >= 11 is 0. The first-order valence-corrected chi connectivity index (χ1v) is 10.1. The molecular weight excluding hydrogens is 409 g/mol. The fraction of sp³-hybridized carbons (Fsp3) is 0.167. The molecule has 3 aromatic rings. The van der Waals surface area contributed by atoms with Crippen molar-refractivity contribution in [3.8, 4) is 0 Å². The number of rotatable bonds is 7. The zero-order chi connectivity index (χ0) is 22.9. The van der Waals surface area contributed by atoms with Crippen molar-refractivity contribution in [3.63, 3.8) is 0 Å². The summed E-state index contributed by atoms with van der Waals surface area (Å²) in [5.74, 6) is -0.303. The van der Waals surface area contributed by atoms with E-state index in [1.807, 2.05) is 37.2 Å². The molecule has 0 aliphatic heterocycles. The van der Waals surface area contributed by atoms with Crippen LogP contribution in [0.4, 0.5) is 31.0 Å². The molecule has 0 fully saturated rings. The van der Waals surface area contributed by atoms with Crippen LogP contribution >= 0.6 is 0 Å². The average molecular weight is 436 g/mol. The smallest absolute Gasteiger partial charge is 0.323 e. The molecule has 0 saturated heterocycles. The average Bonchev–Trinajstić information content (AvgIpc) is 2.76. The number of amides is 4. The number of hydrogen-bond donors (Lipinski definition) is 4. The van der Waals surface area contributed by atoms with Crippen LogP contribution < -0.4 is 21.3 Å². The van der Waals surface area contributed by atoms with Crippen molar-refractivity contribution < 1.29 is 14.0 Å².